The molecule has 0 aliphatic carbocycles. The number of nitrogens with zero attached hydrogens (tertiary/aromatic N) is 1. The second-order valence-electron chi connectivity index (χ2n) is 5.48. The van der Waals surface area contributed by atoms with Gasteiger partial charge >= 0.3 is 6.18 Å². The summed E-state index contributed by atoms with van der Waals surface area (Å²) in [6.45, 7) is -0.303. The summed E-state index contributed by atoms with van der Waals surface area (Å²) in [7, 11) is -5.30. The number of hydrogen-bond acceptors (Lipinski definition) is 5. The van der Waals surface area contributed by atoms with Crippen molar-refractivity contribution in [3.05, 3.63) is 45.8 Å². The van der Waals surface area contributed by atoms with Crippen molar-refractivity contribution in [3.8, 4) is 0 Å². The highest BCUT2D eigenvalue weighted by Crippen LogP contribution is 2.33. The van der Waals surface area contributed by atoms with Gasteiger partial charge in [0.25, 0.3) is 10.0 Å². The van der Waals surface area contributed by atoms with Crippen LogP contribution in [0.4, 0.5) is 13.2 Å². The van der Waals surface area contributed by atoms with Crippen LogP contribution in [0.15, 0.2) is 39.4 Å². The van der Waals surface area contributed by atoms with E-state index in [4.69, 9.17) is 11.6 Å². The van der Waals surface area contributed by atoms with Crippen LogP contribution in [0, 0.1) is 0 Å². The van der Waals surface area contributed by atoms with E-state index in [2.05, 4.69) is 4.72 Å². The third-order valence-electron chi connectivity index (χ3n) is 3.36. The highest BCUT2D eigenvalue weighted by Gasteiger charge is 2.32. The van der Waals surface area contributed by atoms with Gasteiger partial charge in [-0.15, -0.1) is 11.3 Å². The highest BCUT2D eigenvalue weighted by atomic mass is 35.5. The number of thiophene rings is 1. The van der Waals surface area contributed by atoms with Crippen LogP contribution in [0.1, 0.15) is 10.4 Å². The minimum Gasteiger partial charge on any atom is -0.207 e. The van der Waals surface area contributed by atoms with Gasteiger partial charge in [-0.25, -0.2) is 25.9 Å². The predicted octanol–water partition coefficient (Wildman–Crippen LogP) is 3.15. The minimum absolute atomic E-state index is 0.0128. The van der Waals surface area contributed by atoms with E-state index in [0.29, 0.717) is 17.0 Å². The standard InChI is InChI=1S/C14H14ClF3N2O4S3/c1-20(2)27(23,24)13-6-4-10(25-13)8-19-26(21,22)12-7-9(14(16,17)18)3-5-11(12)15/h3-7,19H,8H2,1-2H3. The van der Waals surface area contributed by atoms with Crippen LogP contribution in [0.5, 0.6) is 0 Å². The molecule has 0 radical (unpaired) electrons. The van der Waals surface area contributed by atoms with E-state index in [9.17, 15) is 30.0 Å². The first kappa shape index (κ1) is 22.1. The predicted molar refractivity (Wildman–Crippen MR) is 95.7 cm³/mol. The molecule has 0 amide bonds. The average molecular weight is 463 g/mol. The third kappa shape index (κ3) is 5.00. The summed E-state index contributed by atoms with van der Waals surface area (Å²) in [6.07, 6.45) is -4.72. The smallest absolute Gasteiger partial charge is 0.207 e. The molecule has 0 unspecified atom stereocenters. The molecule has 13 heteroatoms. The second-order valence-corrected chi connectivity index (χ2v) is 11.2. The summed E-state index contributed by atoms with van der Waals surface area (Å²) >= 11 is 6.59. The Morgan fingerprint density at radius 3 is 2.30 bits per heavy atom. The Morgan fingerprint density at radius 1 is 1.11 bits per heavy atom. The molecule has 0 fully saturated rings. The Morgan fingerprint density at radius 2 is 1.74 bits per heavy atom. The number of benzene rings is 1. The summed E-state index contributed by atoms with van der Waals surface area (Å²) in [4.78, 5) is -0.348. The molecule has 1 aromatic heterocycles. The average Bonchev–Trinajstić information content (AvgIpc) is 3.01. The SMILES string of the molecule is CN(C)S(=O)(=O)c1ccc(CNS(=O)(=O)c2cc(C(F)(F)F)ccc2Cl)s1. The van der Waals surface area contributed by atoms with Crippen LogP contribution in [0.25, 0.3) is 0 Å². The van der Waals surface area contributed by atoms with Gasteiger partial charge in [-0.3, -0.25) is 0 Å². The summed E-state index contributed by atoms with van der Waals surface area (Å²) in [5.41, 5.74) is -1.15. The fourth-order valence-electron chi connectivity index (χ4n) is 1.90. The summed E-state index contributed by atoms with van der Waals surface area (Å²) in [5.74, 6) is 0. The quantitative estimate of drug-likeness (QED) is 0.714. The zero-order chi connectivity index (χ0) is 20.6. The fourth-order valence-corrected chi connectivity index (χ4v) is 5.99. The normalized spacial score (nSPS) is 13.3. The van der Waals surface area contributed by atoms with Crippen LogP contribution in [0.3, 0.4) is 0 Å². The first-order chi connectivity index (χ1) is 12.2. The number of nitrogens with one attached hydrogen (secondary N) is 1. The number of rotatable bonds is 6. The minimum atomic E-state index is -4.72. The number of hydrogen-bond donors (Lipinski definition) is 1. The first-order valence-corrected chi connectivity index (χ1v) is 11.2. The molecule has 0 bridgehead atoms. The first-order valence-electron chi connectivity index (χ1n) is 7.13. The largest absolute Gasteiger partial charge is 0.416 e. The Bertz CT molecular complexity index is 1050. The molecule has 27 heavy (non-hydrogen) atoms. The van der Waals surface area contributed by atoms with Crippen molar-refractivity contribution >= 4 is 43.0 Å². The molecular formula is C14H14ClF3N2O4S3. The molecule has 2 aromatic rings. The van der Waals surface area contributed by atoms with Gasteiger partial charge in [-0.2, -0.15) is 13.2 Å². The van der Waals surface area contributed by atoms with Crippen LogP contribution < -0.4 is 4.72 Å². The Balaban J connectivity index is 2.25. The number of sulfonamides is 2. The van der Waals surface area contributed by atoms with Crippen molar-refractivity contribution in [1.29, 1.82) is 0 Å². The molecule has 1 aromatic carbocycles. The molecule has 2 rings (SSSR count). The van der Waals surface area contributed by atoms with E-state index in [1.54, 1.807) is 0 Å². The van der Waals surface area contributed by atoms with Crippen LogP contribution >= 0.6 is 22.9 Å². The van der Waals surface area contributed by atoms with Gasteiger partial charge in [-0.1, -0.05) is 11.6 Å². The zero-order valence-corrected chi connectivity index (χ0v) is 17.1. The maximum atomic E-state index is 12.8. The molecule has 1 heterocycles. The van der Waals surface area contributed by atoms with Crippen LogP contribution in [0.2, 0.25) is 5.02 Å². The van der Waals surface area contributed by atoms with Gasteiger partial charge in [0.2, 0.25) is 10.0 Å². The summed E-state index contributed by atoms with van der Waals surface area (Å²) < 4.78 is 90.3. The lowest BCUT2D eigenvalue weighted by atomic mass is 10.2. The molecule has 150 valence electrons. The van der Waals surface area contributed by atoms with E-state index in [0.717, 1.165) is 21.7 Å². The summed E-state index contributed by atoms with van der Waals surface area (Å²) in [6, 6.07) is 4.71. The summed E-state index contributed by atoms with van der Waals surface area (Å²) in [5, 5.41) is -0.363. The molecule has 0 saturated heterocycles. The van der Waals surface area contributed by atoms with Crippen molar-refractivity contribution in [2.45, 2.75) is 21.8 Å². The maximum absolute atomic E-state index is 12.8. The molecule has 0 aliphatic rings. The molecule has 0 atom stereocenters. The second kappa shape index (κ2) is 7.68. The molecule has 1 N–H and O–H groups in total. The Hall–Kier alpha value is -1.18. The van der Waals surface area contributed by atoms with Crippen molar-refractivity contribution in [2.24, 2.45) is 0 Å². The van der Waals surface area contributed by atoms with Gasteiger partial charge in [0, 0.05) is 25.5 Å². The van der Waals surface area contributed by atoms with E-state index in [1.165, 1.54) is 26.2 Å². The van der Waals surface area contributed by atoms with Crippen LogP contribution in [-0.2, 0) is 32.8 Å². The Kier molecular flexibility index (Phi) is 6.29. The topological polar surface area (TPSA) is 83.6 Å². The van der Waals surface area contributed by atoms with Gasteiger partial charge in [0.1, 0.15) is 9.10 Å². The van der Waals surface area contributed by atoms with E-state index < -0.39 is 36.7 Å². The molecular weight excluding hydrogens is 449 g/mol. The monoisotopic (exact) mass is 462 g/mol. The Labute approximate surface area is 163 Å². The molecule has 0 aliphatic heterocycles. The van der Waals surface area contributed by atoms with E-state index >= 15 is 0 Å². The molecule has 0 spiro atoms. The van der Waals surface area contributed by atoms with Crippen LogP contribution in [-0.4, -0.2) is 35.2 Å². The molecule has 0 saturated carbocycles. The number of halogens is 4. The fraction of sp³-hybridized carbons (Fsp3) is 0.286. The van der Waals surface area contributed by atoms with Crippen molar-refractivity contribution in [2.75, 3.05) is 14.1 Å². The number of alkyl halides is 3. The lowest BCUT2D eigenvalue weighted by Gasteiger charge is -2.11. The molecule has 6 nitrogen and oxygen atoms in total. The van der Waals surface area contributed by atoms with Gasteiger partial charge in [0.15, 0.2) is 0 Å². The third-order valence-corrected chi connectivity index (χ3v) is 8.61. The van der Waals surface area contributed by atoms with Crippen molar-refractivity contribution in [3.63, 3.8) is 0 Å². The van der Waals surface area contributed by atoms with E-state index in [1.807, 2.05) is 0 Å². The zero-order valence-electron chi connectivity index (χ0n) is 13.9. The van der Waals surface area contributed by atoms with Crippen molar-refractivity contribution < 1.29 is 30.0 Å². The maximum Gasteiger partial charge on any atom is 0.416 e. The lowest BCUT2D eigenvalue weighted by molar-refractivity contribution is -0.137. The highest BCUT2D eigenvalue weighted by molar-refractivity contribution is 7.91. The van der Waals surface area contributed by atoms with Gasteiger partial charge in [-0.05, 0) is 30.3 Å². The van der Waals surface area contributed by atoms with Crippen molar-refractivity contribution in [1.82, 2.24) is 9.03 Å². The lowest BCUT2D eigenvalue weighted by Crippen LogP contribution is -2.23. The van der Waals surface area contributed by atoms with Gasteiger partial charge < -0.3 is 0 Å². The van der Waals surface area contributed by atoms with E-state index in [-0.39, 0.29) is 15.8 Å². The van der Waals surface area contributed by atoms with Gasteiger partial charge in [0.05, 0.1) is 10.6 Å².